The Morgan fingerprint density at radius 1 is 0.347 bits per heavy atom. The van der Waals surface area contributed by atoms with E-state index >= 15 is 0 Å². The monoisotopic (exact) mass is 623 g/mol. The molecule has 0 fully saturated rings. The van der Waals surface area contributed by atoms with Gasteiger partial charge in [-0.1, -0.05) is 109 Å². The van der Waals surface area contributed by atoms with Gasteiger partial charge in [0, 0.05) is 49.7 Å². The molecule has 8 aromatic carbocycles. The van der Waals surface area contributed by atoms with E-state index in [4.69, 9.17) is 0 Å². The molecule has 0 amide bonds. The maximum Gasteiger partial charge on any atom is 0.0642 e. The summed E-state index contributed by atoms with van der Waals surface area (Å²) in [6.07, 6.45) is 0. The van der Waals surface area contributed by atoms with Gasteiger partial charge in [-0.15, -0.1) is 0 Å². The molecule has 3 aromatic heterocycles. The van der Waals surface area contributed by atoms with Gasteiger partial charge in [-0.2, -0.15) is 0 Å². The Bertz CT molecular complexity index is 3000. The maximum atomic E-state index is 2.53. The first-order chi connectivity index (χ1) is 24.3. The normalized spacial score (nSPS) is 12.1. The number of hydrogen-bond acceptors (Lipinski definition) is 1. The molecule has 0 unspecified atom stereocenters. The van der Waals surface area contributed by atoms with E-state index in [0.29, 0.717) is 0 Å². The zero-order valence-electron chi connectivity index (χ0n) is 26.6. The summed E-state index contributed by atoms with van der Waals surface area (Å²) in [6.45, 7) is 0. The molecule has 3 nitrogen and oxygen atoms in total. The third-order valence-corrected chi connectivity index (χ3v) is 10.4. The van der Waals surface area contributed by atoms with Crippen molar-refractivity contribution in [2.45, 2.75) is 0 Å². The van der Waals surface area contributed by atoms with Crippen molar-refractivity contribution in [1.29, 1.82) is 0 Å². The summed E-state index contributed by atoms with van der Waals surface area (Å²) in [5, 5.41) is 10.3. The first-order valence-corrected chi connectivity index (χ1v) is 16.9. The van der Waals surface area contributed by atoms with Gasteiger partial charge in [0.25, 0.3) is 0 Å². The summed E-state index contributed by atoms with van der Waals surface area (Å²) < 4.78 is 5.00. The maximum absolute atomic E-state index is 2.53. The molecular formula is C46H29N3. The van der Waals surface area contributed by atoms with Gasteiger partial charge in [0.2, 0.25) is 0 Å². The van der Waals surface area contributed by atoms with Crippen molar-refractivity contribution in [2.24, 2.45) is 0 Å². The van der Waals surface area contributed by atoms with Crippen LogP contribution in [-0.4, -0.2) is 8.97 Å². The lowest BCUT2D eigenvalue weighted by atomic mass is 10.0. The molecule has 3 heterocycles. The Labute approximate surface area is 282 Å². The van der Waals surface area contributed by atoms with Crippen LogP contribution in [-0.2, 0) is 0 Å². The number of para-hydroxylation sites is 3. The number of hydrogen-bond donors (Lipinski definition) is 0. The molecule has 3 heteroatoms. The molecule has 0 aliphatic heterocycles. The molecule has 49 heavy (non-hydrogen) atoms. The van der Waals surface area contributed by atoms with Crippen molar-refractivity contribution >= 4 is 87.7 Å². The average Bonchev–Trinajstić information content (AvgIpc) is 3.65. The van der Waals surface area contributed by atoms with E-state index in [1.54, 1.807) is 0 Å². The topological polar surface area (TPSA) is 12.6 Å². The lowest BCUT2D eigenvalue weighted by molar-refractivity contribution is 1.17. The number of anilines is 3. The number of benzene rings is 8. The van der Waals surface area contributed by atoms with Crippen molar-refractivity contribution < 1.29 is 0 Å². The number of aromatic nitrogens is 2. The lowest BCUT2D eigenvalue weighted by Gasteiger charge is -2.26. The summed E-state index contributed by atoms with van der Waals surface area (Å²) in [7, 11) is 0. The minimum absolute atomic E-state index is 1.11. The standard InChI is InChI=1S/C46H29N3/c1-3-14-31(15-4-1)47(32-16-5-2-6-17-32)33-18-11-19-34(29-33)48-40-24-12-22-37-36-21-9-10-23-39(36)49-41-27-25-30-13-7-8-20-35(30)43(41)38-26-28-42(48)45(44(37)40)46(38)49/h1-29H. The van der Waals surface area contributed by atoms with Gasteiger partial charge in [0.1, 0.15) is 0 Å². The van der Waals surface area contributed by atoms with E-state index in [0.717, 1.165) is 22.7 Å². The van der Waals surface area contributed by atoms with E-state index < -0.39 is 0 Å². The van der Waals surface area contributed by atoms with Crippen molar-refractivity contribution in [3.05, 3.63) is 176 Å². The minimum Gasteiger partial charge on any atom is -0.310 e. The van der Waals surface area contributed by atoms with Gasteiger partial charge in [-0.3, -0.25) is 0 Å². The molecule has 0 bridgehead atoms. The number of rotatable bonds is 4. The fourth-order valence-electron chi connectivity index (χ4n) is 8.44. The summed E-state index contributed by atoms with van der Waals surface area (Å²) in [5.41, 5.74) is 10.7. The van der Waals surface area contributed by atoms with Crippen LogP contribution in [0.5, 0.6) is 0 Å². The molecule has 0 atom stereocenters. The molecular weight excluding hydrogens is 595 g/mol. The summed E-state index contributed by atoms with van der Waals surface area (Å²) >= 11 is 0. The van der Waals surface area contributed by atoms with Crippen molar-refractivity contribution in [1.82, 2.24) is 8.97 Å². The van der Waals surface area contributed by atoms with Crippen LogP contribution >= 0.6 is 0 Å². The molecule has 0 saturated heterocycles. The van der Waals surface area contributed by atoms with Crippen LogP contribution in [0.1, 0.15) is 0 Å². The predicted molar refractivity (Wildman–Crippen MR) is 208 cm³/mol. The zero-order chi connectivity index (χ0) is 32.1. The van der Waals surface area contributed by atoms with Crippen molar-refractivity contribution in [3.63, 3.8) is 0 Å². The fourth-order valence-corrected chi connectivity index (χ4v) is 8.44. The van der Waals surface area contributed by atoms with Gasteiger partial charge in [-0.25, -0.2) is 0 Å². The van der Waals surface area contributed by atoms with Crippen molar-refractivity contribution in [2.75, 3.05) is 4.90 Å². The summed E-state index contributed by atoms with van der Waals surface area (Å²) in [6, 6.07) is 64.1. The SMILES string of the molecule is c1ccc(N(c2ccccc2)c2cccc(-n3c4cccc5c6ccccc6n6c7ccc8ccccc8c7c7ccc3c(c54)c76)c2)cc1. The van der Waals surface area contributed by atoms with Crippen molar-refractivity contribution in [3.8, 4) is 5.69 Å². The Balaban J connectivity index is 1.29. The first kappa shape index (κ1) is 26.5. The second-order valence-electron chi connectivity index (χ2n) is 13.0. The second-order valence-corrected chi connectivity index (χ2v) is 13.0. The second kappa shape index (κ2) is 9.96. The highest BCUT2D eigenvalue weighted by molar-refractivity contribution is 6.35. The van der Waals surface area contributed by atoms with Crippen LogP contribution in [0.3, 0.4) is 0 Å². The number of nitrogens with zero attached hydrogens (tertiary/aromatic N) is 3. The summed E-state index contributed by atoms with van der Waals surface area (Å²) in [4.78, 5) is 2.34. The van der Waals surface area contributed by atoms with Gasteiger partial charge in [0.15, 0.2) is 0 Å². The molecule has 0 radical (unpaired) electrons. The highest BCUT2D eigenvalue weighted by atomic mass is 15.1. The van der Waals surface area contributed by atoms with Gasteiger partial charge >= 0.3 is 0 Å². The Kier molecular flexibility index (Phi) is 5.38. The van der Waals surface area contributed by atoms with E-state index in [9.17, 15) is 0 Å². The largest absolute Gasteiger partial charge is 0.310 e. The van der Waals surface area contributed by atoms with Crippen LogP contribution in [0.15, 0.2) is 176 Å². The Morgan fingerprint density at radius 2 is 0.959 bits per heavy atom. The van der Waals surface area contributed by atoms with Crippen LogP contribution < -0.4 is 4.90 Å². The van der Waals surface area contributed by atoms with E-state index in [1.807, 2.05) is 0 Å². The molecule has 0 saturated carbocycles. The third kappa shape index (κ3) is 3.62. The van der Waals surface area contributed by atoms with Gasteiger partial charge in [-0.05, 0) is 82.9 Å². The molecule has 228 valence electrons. The molecule has 0 aliphatic rings. The first-order valence-electron chi connectivity index (χ1n) is 16.9. The van der Waals surface area contributed by atoms with Crippen LogP contribution in [0.4, 0.5) is 17.1 Å². The van der Waals surface area contributed by atoms with Crippen LogP contribution in [0, 0.1) is 0 Å². The smallest absolute Gasteiger partial charge is 0.0642 e. The molecule has 0 spiro atoms. The lowest BCUT2D eigenvalue weighted by Crippen LogP contribution is -2.10. The fraction of sp³-hybridized carbons (Fsp3) is 0. The van der Waals surface area contributed by atoms with E-state index in [1.165, 1.54) is 70.7 Å². The molecule has 11 rings (SSSR count). The molecule has 0 aliphatic carbocycles. The molecule has 0 N–H and O–H groups in total. The van der Waals surface area contributed by atoms with Gasteiger partial charge < -0.3 is 13.9 Å². The van der Waals surface area contributed by atoms with Crippen LogP contribution in [0.2, 0.25) is 0 Å². The molecule has 11 aromatic rings. The quantitative estimate of drug-likeness (QED) is 0.190. The third-order valence-electron chi connectivity index (χ3n) is 10.4. The highest BCUT2D eigenvalue weighted by Gasteiger charge is 2.24. The average molecular weight is 624 g/mol. The highest BCUT2D eigenvalue weighted by Crippen LogP contribution is 2.47. The van der Waals surface area contributed by atoms with Crippen LogP contribution in [0.25, 0.3) is 76.4 Å². The Morgan fingerprint density at radius 3 is 1.78 bits per heavy atom. The van der Waals surface area contributed by atoms with E-state index in [-0.39, 0.29) is 0 Å². The van der Waals surface area contributed by atoms with Gasteiger partial charge in [0.05, 0.1) is 27.6 Å². The minimum atomic E-state index is 1.11. The summed E-state index contributed by atoms with van der Waals surface area (Å²) in [5.74, 6) is 0. The predicted octanol–water partition coefficient (Wildman–Crippen LogP) is 12.6. The zero-order valence-corrected chi connectivity index (χ0v) is 26.6. The number of fused-ring (bicyclic) bond motifs is 8. The van der Waals surface area contributed by atoms with E-state index in [2.05, 4.69) is 190 Å². The Hall–Kier alpha value is -6.58.